The highest BCUT2D eigenvalue weighted by Gasteiger charge is 2.17. The molecule has 226 valence electrons. The molecule has 0 spiro atoms. The van der Waals surface area contributed by atoms with Crippen molar-refractivity contribution in [3.05, 3.63) is 132 Å². The summed E-state index contributed by atoms with van der Waals surface area (Å²) < 4.78 is 18.0. The van der Waals surface area contributed by atoms with Crippen LogP contribution in [0.4, 0.5) is 0 Å². The zero-order chi connectivity index (χ0) is 30.6. The highest BCUT2D eigenvalue weighted by atomic mass is 16.5. The van der Waals surface area contributed by atoms with E-state index in [-0.39, 0.29) is 18.3 Å². The number of ether oxygens (including phenoxy) is 3. The third-order valence-corrected chi connectivity index (χ3v) is 6.88. The number of nitrogens with zero attached hydrogens (tertiary/aromatic N) is 1. The fourth-order valence-corrected chi connectivity index (χ4v) is 4.66. The van der Waals surface area contributed by atoms with Crippen LogP contribution in [0.1, 0.15) is 21.5 Å². The first-order valence-corrected chi connectivity index (χ1v) is 14.5. The van der Waals surface area contributed by atoms with Crippen molar-refractivity contribution in [1.82, 2.24) is 15.3 Å². The number of aliphatic hydroxyl groups is 1. The van der Waals surface area contributed by atoms with E-state index in [0.717, 1.165) is 22.5 Å². The molecule has 1 aromatic heterocycles. The van der Waals surface area contributed by atoms with Crippen LogP contribution in [0.5, 0.6) is 17.2 Å². The molecule has 9 heteroatoms. The molecular formula is C35H36N4O5. The number of aliphatic hydroxyl groups excluding tert-OH is 1. The van der Waals surface area contributed by atoms with Crippen molar-refractivity contribution >= 4 is 5.91 Å². The molecule has 44 heavy (non-hydrogen) atoms. The van der Waals surface area contributed by atoms with Crippen LogP contribution >= 0.6 is 0 Å². The number of nitrogens with two attached hydrogens (primary N) is 1. The molecule has 5 aromatic rings. The van der Waals surface area contributed by atoms with Crippen LogP contribution in [-0.2, 0) is 13.0 Å². The van der Waals surface area contributed by atoms with Crippen molar-refractivity contribution in [3.63, 3.8) is 0 Å². The van der Waals surface area contributed by atoms with E-state index in [2.05, 4.69) is 15.3 Å². The van der Waals surface area contributed by atoms with Gasteiger partial charge >= 0.3 is 0 Å². The van der Waals surface area contributed by atoms with Gasteiger partial charge in [0.2, 0.25) is 0 Å². The molecule has 5 N–H and O–H groups in total. The Morgan fingerprint density at radius 2 is 1.57 bits per heavy atom. The predicted octanol–water partition coefficient (Wildman–Crippen LogP) is 4.77. The molecule has 0 radical (unpaired) electrons. The summed E-state index contributed by atoms with van der Waals surface area (Å²) in [6.45, 7) is 1.19. The summed E-state index contributed by atoms with van der Waals surface area (Å²) in [6, 6.07) is 32.3. The minimum absolute atomic E-state index is 0.129. The minimum atomic E-state index is -0.736. The topological polar surface area (TPSA) is 132 Å². The Balaban J connectivity index is 1.16. The van der Waals surface area contributed by atoms with E-state index in [4.69, 9.17) is 19.9 Å². The number of imidazole rings is 1. The first-order chi connectivity index (χ1) is 21.5. The molecule has 2 unspecified atom stereocenters. The van der Waals surface area contributed by atoms with Gasteiger partial charge in [-0.15, -0.1) is 0 Å². The molecule has 0 saturated carbocycles. The van der Waals surface area contributed by atoms with E-state index in [0.29, 0.717) is 43.4 Å². The Morgan fingerprint density at radius 3 is 2.25 bits per heavy atom. The highest BCUT2D eigenvalue weighted by molar-refractivity contribution is 5.96. The van der Waals surface area contributed by atoms with Gasteiger partial charge in [0.15, 0.2) is 0 Å². The number of aromatic nitrogens is 2. The fourth-order valence-electron chi connectivity index (χ4n) is 4.66. The van der Waals surface area contributed by atoms with Crippen LogP contribution in [-0.4, -0.2) is 52.9 Å². The van der Waals surface area contributed by atoms with Gasteiger partial charge in [-0.3, -0.25) is 4.79 Å². The lowest BCUT2D eigenvalue weighted by Crippen LogP contribution is -2.38. The molecule has 2 atom stereocenters. The molecule has 1 heterocycles. The number of carbonyl (C=O) groups is 1. The van der Waals surface area contributed by atoms with Gasteiger partial charge in [0.25, 0.3) is 5.91 Å². The van der Waals surface area contributed by atoms with Crippen molar-refractivity contribution in [3.8, 4) is 28.6 Å². The van der Waals surface area contributed by atoms with Crippen LogP contribution in [0.15, 0.2) is 116 Å². The molecule has 9 nitrogen and oxygen atoms in total. The lowest BCUT2D eigenvalue weighted by molar-refractivity contribution is 0.0991. The second-order valence-electron chi connectivity index (χ2n) is 10.3. The molecule has 0 bridgehead atoms. The summed E-state index contributed by atoms with van der Waals surface area (Å²) in [5.74, 6) is 1.73. The van der Waals surface area contributed by atoms with Gasteiger partial charge in [-0.05, 0) is 53.6 Å². The summed E-state index contributed by atoms with van der Waals surface area (Å²) in [4.78, 5) is 19.6. The van der Waals surface area contributed by atoms with E-state index in [1.807, 2.05) is 84.9 Å². The lowest BCUT2D eigenvalue weighted by atomic mass is 10.1. The van der Waals surface area contributed by atoms with Crippen LogP contribution in [0.3, 0.4) is 0 Å². The van der Waals surface area contributed by atoms with Crippen molar-refractivity contribution in [2.75, 3.05) is 19.7 Å². The quantitative estimate of drug-likeness (QED) is 0.130. The number of nitrogens with one attached hydrogen (secondary N) is 2. The number of aromatic amines is 1. The SMILES string of the molecule is NC(=O)c1cc(OC(CNCC(O)COc2ccc(-c3ncc[nH]3)cc2)Cc2ccccc2)ccc1OCc1ccccc1. The van der Waals surface area contributed by atoms with Crippen LogP contribution in [0.25, 0.3) is 11.4 Å². The Bertz CT molecular complexity index is 1580. The maximum absolute atomic E-state index is 12.3. The Kier molecular flexibility index (Phi) is 10.6. The van der Waals surface area contributed by atoms with Gasteiger partial charge in [-0.2, -0.15) is 0 Å². The lowest BCUT2D eigenvalue weighted by Gasteiger charge is -2.22. The number of rotatable bonds is 16. The molecule has 1 amide bonds. The number of hydrogen-bond donors (Lipinski definition) is 4. The molecule has 0 aliphatic carbocycles. The average molecular weight is 593 g/mol. The fraction of sp³-hybridized carbons (Fsp3) is 0.200. The molecule has 0 fully saturated rings. The molecule has 4 aromatic carbocycles. The largest absolute Gasteiger partial charge is 0.491 e. The molecule has 0 saturated heterocycles. The maximum Gasteiger partial charge on any atom is 0.252 e. The number of benzene rings is 4. The van der Waals surface area contributed by atoms with E-state index >= 15 is 0 Å². The summed E-state index contributed by atoms with van der Waals surface area (Å²) >= 11 is 0. The Labute approximate surface area is 256 Å². The summed E-state index contributed by atoms with van der Waals surface area (Å²) in [5.41, 5.74) is 8.96. The normalized spacial score (nSPS) is 12.3. The van der Waals surface area contributed by atoms with Crippen molar-refractivity contribution in [2.24, 2.45) is 5.73 Å². The van der Waals surface area contributed by atoms with E-state index in [1.165, 1.54) is 0 Å². The second-order valence-corrected chi connectivity index (χ2v) is 10.3. The first-order valence-electron chi connectivity index (χ1n) is 14.5. The molecule has 0 aliphatic rings. The zero-order valence-corrected chi connectivity index (χ0v) is 24.3. The van der Waals surface area contributed by atoms with Crippen LogP contribution < -0.4 is 25.3 Å². The number of carbonyl (C=O) groups excluding carboxylic acids is 1. The molecule has 0 aliphatic heterocycles. The second kappa shape index (κ2) is 15.4. The first kappa shape index (κ1) is 30.3. The van der Waals surface area contributed by atoms with Gasteiger partial charge in [0.05, 0.1) is 5.56 Å². The Morgan fingerprint density at radius 1 is 0.864 bits per heavy atom. The minimum Gasteiger partial charge on any atom is -0.491 e. The van der Waals surface area contributed by atoms with Crippen molar-refractivity contribution < 1.29 is 24.1 Å². The van der Waals surface area contributed by atoms with Gasteiger partial charge in [0, 0.05) is 37.5 Å². The number of amides is 1. The maximum atomic E-state index is 12.3. The number of H-pyrrole nitrogens is 1. The Hall–Kier alpha value is -5.12. The smallest absolute Gasteiger partial charge is 0.252 e. The highest BCUT2D eigenvalue weighted by Crippen LogP contribution is 2.26. The third kappa shape index (κ3) is 8.94. The monoisotopic (exact) mass is 592 g/mol. The summed E-state index contributed by atoms with van der Waals surface area (Å²) in [5, 5.41) is 13.9. The van der Waals surface area contributed by atoms with Crippen molar-refractivity contribution in [2.45, 2.75) is 25.2 Å². The van der Waals surface area contributed by atoms with Gasteiger partial charge in [-0.25, -0.2) is 4.98 Å². The van der Waals surface area contributed by atoms with Gasteiger partial charge in [-0.1, -0.05) is 60.7 Å². The standard InChI is InChI=1S/C35H36N4O5/c36-34(41)32-20-30(15-16-33(32)43-23-26-9-5-2-6-10-26)44-31(19-25-7-3-1-4-8-25)22-37-21-28(40)24-42-29-13-11-27(12-14-29)35-38-17-18-39-35/h1-18,20,28,31,37,40H,19,21-24H2,(H2,36,41)(H,38,39). The number of hydrogen-bond acceptors (Lipinski definition) is 7. The van der Waals surface area contributed by atoms with Crippen LogP contribution in [0, 0.1) is 0 Å². The van der Waals surface area contributed by atoms with Crippen molar-refractivity contribution in [1.29, 1.82) is 0 Å². The molecule has 5 rings (SSSR count). The zero-order valence-electron chi connectivity index (χ0n) is 24.3. The average Bonchev–Trinajstić information content (AvgIpc) is 3.60. The summed E-state index contributed by atoms with van der Waals surface area (Å²) in [6.07, 6.45) is 3.06. The van der Waals surface area contributed by atoms with Crippen LogP contribution in [0.2, 0.25) is 0 Å². The van der Waals surface area contributed by atoms with Gasteiger partial charge in [0.1, 0.15) is 48.5 Å². The third-order valence-electron chi connectivity index (χ3n) is 6.88. The summed E-state index contributed by atoms with van der Waals surface area (Å²) in [7, 11) is 0. The van der Waals surface area contributed by atoms with Gasteiger partial charge < -0.3 is 35.4 Å². The predicted molar refractivity (Wildman–Crippen MR) is 169 cm³/mol. The van der Waals surface area contributed by atoms with E-state index in [9.17, 15) is 9.90 Å². The van der Waals surface area contributed by atoms with E-state index in [1.54, 1.807) is 30.6 Å². The molecular weight excluding hydrogens is 556 g/mol. The number of primary amides is 1. The van der Waals surface area contributed by atoms with E-state index < -0.39 is 12.0 Å².